The van der Waals surface area contributed by atoms with Gasteiger partial charge in [-0.25, -0.2) is 24.0 Å². The molecule has 37 heavy (non-hydrogen) atoms. The van der Waals surface area contributed by atoms with Crippen molar-refractivity contribution in [3.63, 3.8) is 0 Å². The zero-order chi connectivity index (χ0) is 29.0. The lowest BCUT2D eigenvalue weighted by atomic mass is 9.63. The minimum absolute atomic E-state index is 0.422. The van der Waals surface area contributed by atoms with E-state index < -0.39 is 104 Å². The number of rotatable bonds is 15. The van der Waals surface area contributed by atoms with Crippen molar-refractivity contribution in [3.8, 4) is 0 Å². The topological polar surface area (TPSA) is 243 Å². The van der Waals surface area contributed by atoms with E-state index >= 15 is 0 Å². The molecule has 1 unspecified atom stereocenters. The van der Waals surface area contributed by atoms with E-state index in [1.165, 1.54) is 27.7 Å². The summed E-state index contributed by atoms with van der Waals surface area (Å²) in [4.78, 5) is 101. The van der Waals surface area contributed by atoms with Gasteiger partial charge in [-0.1, -0.05) is 0 Å². The number of Topliss-reactive ketones (excluding diaryl/α,β-unsaturated/α-hetero) is 3. The predicted molar refractivity (Wildman–Crippen MR) is 113 cm³/mol. The Bertz CT molecular complexity index is 886. The van der Waals surface area contributed by atoms with E-state index in [1.54, 1.807) is 0 Å². The largest absolute Gasteiger partial charge is 0.460 e. The van der Waals surface area contributed by atoms with Gasteiger partial charge in [-0.05, 0) is 27.7 Å². The van der Waals surface area contributed by atoms with Crippen LogP contribution in [0.3, 0.4) is 0 Å². The van der Waals surface area contributed by atoms with Crippen molar-refractivity contribution in [3.05, 3.63) is 0 Å². The second-order valence-corrected chi connectivity index (χ2v) is 6.85. The third-order valence-electron chi connectivity index (χ3n) is 4.76. The number of carbonyl (C=O) groups excluding carboxylic acids is 8. The maximum atomic E-state index is 13.3. The van der Waals surface area contributed by atoms with Gasteiger partial charge in [0.1, 0.15) is 11.5 Å². The quantitative estimate of drug-likeness (QED) is 0.0797. The van der Waals surface area contributed by atoms with Gasteiger partial charge in [0.25, 0.3) is 23.0 Å². The lowest BCUT2D eigenvalue weighted by molar-refractivity contribution is -0.218. The van der Waals surface area contributed by atoms with Gasteiger partial charge in [0.05, 0.1) is 39.6 Å². The monoisotopic (exact) mass is 536 g/mol. The van der Waals surface area contributed by atoms with Crippen LogP contribution in [-0.4, -0.2) is 114 Å². The minimum Gasteiger partial charge on any atom is -0.460 e. The average Bonchev–Trinajstić information content (AvgIpc) is 2.87. The molecule has 0 aromatic rings. The highest BCUT2D eigenvalue weighted by molar-refractivity contribution is 6.53. The van der Waals surface area contributed by atoms with E-state index in [0.29, 0.717) is 0 Å². The molecule has 0 rings (SSSR count). The highest BCUT2D eigenvalue weighted by Gasteiger charge is 2.73. The third kappa shape index (κ3) is 6.72. The molecule has 0 aromatic heterocycles. The van der Waals surface area contributed by atoms with Gasteiger partial charge in [-0.3, -0.25) is 14.4 Å². The van der Waals surface area contributed by atoms with Crippen LogP contribution in [-0.2, 0) is 62.0 Å². The highest BCUT2D eigenvalue weighted by atomic mass is 16.6. The van der Waals surface area contributed by atoms with Gasteiger partial charge in [0, 0.05) is 0 Å². The summed E-state index contributed by atoms with van der Waals surface area (Å²) in [5, 5.41) is 31.1. The third-order valence-corrected chi connectivity index (χ3v) is 4.76. The Labute approximate surface area is 209 Å². The summed E-state index contributed by atoms with van der Waals surface area (Å²) < 4.78 is 22.4. The van der Waals surface area contributed by atoms with E-state index in [9.17, 15) is 53.7 Å². The van der Waals surface area contributed by atoms with Gasteiger partial charge >= 0.3 is 29.8 Å². The molecule has 0 heterocycles. The second-order valence-electron chi connectivity index (χ2n) is 6.85. The molecule has 0 aromatic carbocycles. The van der Waals surface area contributed by atoms with Crippen LogP contribution >= 0.6 is 0 Å². The average molecular weight is 536 g/mol. The number of aliphatic hydroxyl groups excluding tert-OH is 3. The van der Waals surface area contributed by atoms with Crippen LogP contribution in [0, 0.1) is 5.41 Å². The highest BCUT2D eigenvalue weighted by Crippen LogP contribution is 2.41. The Kier molecular flexibility index (Phi) is 13.2. The van der Waals surface area contributed by atoms with Crippen molar-refractivity contribution >= 4 is 47.2 Å². The minimum atomic E-state index is -4.19. The zero-order valence-electron chi connectivity index (χ0n) is 20.5. The van der Waals surface area contributed by atoms with Crippen molar-refractivity contribution < 1.29 is 77.4 Å². The Morgan fingerprint density at radius 3 is 1.30 bits per heavy atom. The molecule has 0 radical (unpaired) electrons. The number of aliphatic hydroxyl groups is 3. The molecule has 0 aliphatic heterocycles. The first-order valence-electron chi connectivity index (χ1n) is 10.8. The smallest absolute Gasteiger partial charge is 0.418 e. The molecule has 16 nitrogen and oxygen atoms in total. The van der Waals surface area contributed by atoms with E-state index in [-0.39, 0.29) is 0 Å². The number of esters is 5. The van der Waals surface area contributed by atoms with Gasteiger partial charge in [-0.15, -0.1) is 0 Å². The molecule has 208 valence electrons. The van der Waals surface area contributed by atoms with Crippen LogP contribution in [0.5, 0.6) is 0 Å². The van der Waals surface area contributed by atoms with Crippen molar-refractivity contribution in [1.29, 1.82) is 0 Å². The summed E-state index contributed by atoms with van der Waals surface area (Å²) in [6.07, 6.45) is -3.16. The number of ether oxygens (including phenoxy) is 5. The van der Waals surface area contributed by atoms with E-state index in [4.69, 9.17) is 0 Å². The van der Waals surface area contributed by atoms with Gasteiger partial charge in [0.2, 0.25) is 0 Å². The number of ketones is 3. The van der Waals surface area contributed by atoms with Crippen LogP contribution in [0.15, 0.2) is 0 Å². The van der Waals surface area contributed by atoms with Crippen LogP contribution in [0.4, 0.5) is 0 Å². The first-order valence-corrected chi connectivity index (χ1v) is 10.8. The van der Waals surface area contributed by atoms with Crippen molar-refractivity contribution in [2.75, 3.05) is 39.6 Å². The molecule has 0 aliphatic rings. The fourth-order valence-corrected chi connectivity index (χ4v) is 3.00. The fourth-order valence-electron chi connectivity index (χ4n) is 3.00. The zero-order valence-corrected chi connectivity index (χ0v) is 20.5. The van der Waals surface area contributed by atoms with Gasteiger partial charge < -0.3 is 39.0 Å². The summed E-state index contributed by atoms with van der Waals surface area (Å²) in [6, 6.07) is 0. The molecular formula is C21H28O16. The van der Waals surface area contributed by atoms with E-state index in [2.05, 4.69) is 23.7 Å². The Morgan fingerprint density at radius 1 is 0.595 bits per heavy atom. The molecule has 1 atom stereocenters. The molecule has 0 amide bonds. The summed E-state index contributed by atoms with van der Waals surface area (Å²) >= 11 is 0. The molecule has 0 spiro atoms. The summed E-state index contributed by atoms with van der Waals surface area (Å²) in [6.45, 7) is -0.870. The lowest BCUT2D eigenvalue weighted by Crippen LogP contribution is -2.73. The Balaban J connectivity index is 7.65. The molecule has 0 bridgehead atoms. The van der Waals surface area contributed by atoms with Crippen LogP contribution in [0.1, 0.15) is 27.7 Å². The molecule has 0 saturated carbocycles. The van der Waals surface area contributed by atoms with E-state index in [1.807, 2.05) is 0 Å². The summed E-state index contributed by atoms with van der Waals surface area (Å²) in [5.74, 6) is -16.7. The van der Waals surface area contributed by atoms with Crippen molar-refractivity contribution in [2.24, 2.45) is 5.41 Å². The molecule has 3 N–H and O–H groups in total. The SMILES string of the molecule is CCOC(=O)C(=O)OC(C(=O)C(=O)OCC)(C(=O)C(=O)OCC)C(CO)(CO)C(O)C(=O)C(=O)OCC. The van der Waals surface area contributed by atoms with E-state index in [0.717, 1.165) is 0 Å². The molecule has 0 fully saturated rings. The van der Waals surface area contributed by atoms with Gasteiger partial charge in [0.15, 0.2) is 0 Å². The van der Waals surface area contributed by atoms with Crippen LogP contribution in [0.25, 0.3) is 0 Å². The van der Waals surface area contributed by atoms with Crippen molar-refractivity contribution in [1.82, 2.24) is 0 Å². The molecule has 16 heteroatoms. The predicted octanol–water partition coefficient (Wildman–Crippen LogP) is -3.44. The maximum Gasteiger partial charge on any atom is 0.418 e. The second kappa shape index (κ2) is 14.7. The maximum absolute atomic E-state index is 13.3. The number of hydrogen-bond donors (Lipinski definition) is 3. The summed E-state index contributed by atoms with van der Waals surface area (Å²) in [7, 11) is 0. The van der Waals surface area contributed by atoms with Crippen LogP contribution in [0.2, 0.25) is 0 Å². The Morgan fingerprint density at radius 2 is 0.946 bits per heavy atom. The Hall–Kier alpha value is -3.76. The number of hydrogen-bond acceptors (Lipinski definition) is 16. The van der Waals surface area contributed by atoms with Gasteiger partial charge in [-0.2, -0.15) is 0 Å². The molecule has 0 saturated heterocycles. The standard InChI is InChI=1S/C21H28O16/c1-5-33-15(28)11(24)12(25)20(9-22,10-23)21(13(26)16(29)34-6-2,14(27)17(30)35-7-3)37-19(32)18(31)36-8-4/h12,22-23,25H,5-10H2,1-4H3. The molecular weight excluding hydrogens is 508 g/mol. The number of carbonyl (C=O) groups is 8. The first kappa shape index (κ1) is 33.2. The van der Waals surface area contributed by atoms with Crippen molar-refractivity contribution in [2.45, 2.75) is 39.4 Å². The fraction of sp³-hybridized carbons (Fsp3) is 0.619. The first-order chi connectivity index (χ1) is 17.3. The lowest BCUT2D eigenvalue weighted by Gasteiger charge is -2.45. The molecule has 0 aliphatic carbocycles. The summed E-state index contributed by atoms with van der Waals surface area (Å²) in [5.41, 5.74) is -7.76. The normalized spacial score (nSPS) is 12.0. The van der Waals surface area contributed by atoms with Crippen LogP contribution < -0.4 is 0 Å².